The summed E-state index contributed by atoms with van der Waals surface area (Å²) < 4.78 is 63.6. The fourth-order valence-corrected chi connectivity index (χ4v) is 7.47. The molecule has 2 aromatic heterocycles. The van der Waals surface area contributed by atoms with E-state index < -0.39 is 69.7 Å². The van der Waals surface area contributed by atoms with E-state index in [1.165, 1.54) is 28.9 Å². The van der Waals surface area contributed by atoms with Gasteiger partial charge < -0.3 is 30.2 Å². The van der Waals surface area contributed by atoms with E-state index in [2.05, 4.69) is 20.6 Å². The number of nitrogens with one attached hydrogen (secondary N) is 2. The van der Waals surface area contributed by atoms with Gasteiger partial charge in [-0.1, -0.05) is 6.07 Å². The minimum atomic E-state index is -5.82. The number of amides is 4. The average molecular weight is 715 g/mol. The molecule has 3 atom stereocenters. The van der Waals surface area contributed by atoms with Crippen LogP contribution in [0.2, 0.25) is 0 Å². The Hall–Kier alpha value is -3.90. The summed E-state index contributed by atoms with van der Waals surface area (Å²) in [4.78, 5) is 81.6. The maximum absolute atomic E-state index is 14.3. The van der Waals surface area contributed by atoms with E-state index in [1.807, 2.05) is 0 Å². The van der Waals surface area contributed by atoms with E-state index in [4.69, 9.17) is 9.79 Å². The van der Waals surface area contributed by atoms with Crippen molar-refractivity contribution in [1.29, 1.82) is 0 Å². The quantitative estimate of drug-likeness (QED) is 0.204. The largest absolute Gasteiger partial charge is 0.399 e. The molecule has 2 aliphatic heterocycles. The van der Waals surface area contributed by atoms with Crippen LogP contribution in [0.4, 0.5) is 14.5 Å². The minimum Gasteiger partial charge on any atom is -0.340 e. The van der Waals surface area contributed by atoms with Gasteiger partial charge in [0, 0.05) is 42.6 Å². The molecule has 2 saturated heterocycles. The molecule has 4 N–H and O–H groups in total. The number of thiophene rings is 1. The summed E-state index contributed by atoms with van der Waals surface area (Å²) in [5, 5.41) is 4.90. The van der Waals surface area contributed by atoms with Crippen LogP contribution in [0.3, 0.4) is 0 Å². The van der Waals surface area contributed by atoms with Crippen molar-refractivity contribution in [2.24, 2.45) is 0 Å². The van der Waals surface area contributed by atoms with Gasteiger partial charge in [0.15, 0.2) is 0 Å². The van der Waals surface area contributed by atoms with E-state index in [0.29, 0.717) is 17.5 Å². The molecule has 3 aromatic rings. The van der Waals surface area contributed by atoms with Crippen molar-refractivity contribution in [1.82, 2.24) is 25.1 Å². The number of hydrogen-bond acceptors (Lipinski definition) is 10. The van der Waals surface area contributed by atoms with Gasteiger partial charge in [-0.05, 0) is 42.8 Å². The number of sulfone groups is 1. The number of fused-ring (bicyclic) bond motifs is 2. The second kappa shape index (κ2) is 12.6. The molecule has 0 radical (unpaired) electrons. The van der Waals surface area contributed by atoms with Gasteiger partial charge in [0.1, 0.15) is 12.1 Å². The lowest BCUT2D eigenvalue weighted by molar-refractivity contribution is -0.143. The first-order valence-electron chi connectivity index (χ1n) is 14.1. The lowest BCUT2D eigenvalue weighted by Gasteiger charge is -2.38. The van der Waals surface area contributed by atoms with E-state index >= 15 is 0 Å². The van der Waals surface area contributed by atoms with Gasteiger partial charge in [-0.3, -0.25) is 23.7 Å². The van der Waals surface area contributed by atoms with Crippen molar-refractivity contribution in [2.75, 3.05) is 24.7 Å². The van der Waals surface area contributed by atoms with Crippen molar-refractivity contribution in [2.45, 2.75) is 55.1 Å². The SMILES string of the molecule is CC(=O)N1CC[C@H]2CC[C@@H](C(=O)Nc3cnc(S(C)(=O)=O)nc3)N2C(=O)C(NC(=O)c2cc3cc(C(F)(F)P(=O)(O)O)ccc3s2)C1. The first kappa shape index (κ1) is 34.4. The van der Waals surface area contributed by atoms with Gasteiger partial charge in [-0.15, -0.1) is 11.3 Å². The van der Waals surface area contributed by atoms with E-state index in [-0.39, 0.29) is 41.4 Å². The van der Waals surface area contributed by atoms with Gasteiger partial charge in [0.05, 0.1) is 23.0 Å². The number of hydrogen-bond donors (Lipinski definition) is 4. The van der Waals surface area contributed by atoms with E-state index in [9.17, 15) is 40.9 Å². The molecule has 15 nitrogen and oxygen atoms in total. The summed E-state index contributed by atoms with van der Waals surface area (Å²) in [5.41, 5.74) is -5.28. The summed E-state index contributed by atoms with van der Waals surface area (Å²) in [6.07, 6.45) is 4.25. The highest BCUT2D eigenvalue weighted by atomic mass is 32.2. The molecule has 20 heteroatoms. The number of aromatic nitrogens is 2. The zero-order valence-electron chi connectivity index (χ0n) is 24.8. The van der Waals surface area contributed by atoms with Crippen LogP contribution in [-0.2, 0) is 34.4 Å². The van der Waals surface area contributed by atoms with Crippen molar-refractivity contribution >= 4 is 68.2 Å². The fourth-order valence-electron chi connectivity index (χ4n) is 5.56. The number of anilines is 1. The molecule has 1 unspecified atom stereocenters. The third-order valence-corrected chi connectivity index (χ3v) is 10.9. The van der Waals surface area contributed by atoms with Gasteiger partial charge in [-0.25, -0.2) is 18.4 Å². The third kappa shape index (κ3) is 7.03. The molecule has 4 heterocycles. The van der Waals surface area contributed by atoms with Gasteiger partial charge in [-0.2, -0.15) is 8.78 Å². The first-order chi connectivity index (χ1) is 21.9. The lowest BCUT2D eigenvalue weighted by atomic mass is 10.1. The van der Waals surface area contributed by atoms with Crippen LogP contribution < -0.4 is 10.6 Å². The van der Waals surface area contributed by atoms with Gasteiger partial charge in [0.25, 0.3) is 5.91 Å². The predicted molar refractivity (Wildman–Crippen MR) is 163 cm³/mol. The zero-order valence-corrected chi connectivity index (χ0v) is 27.3. The summed E-state index contributed by atoms with van der Waals surface area (Å²) in [6.45, 7) is 1.36. The molecule has 2 fully saturated rings. The Balaban J connectivity index is 1.38. The molecule has 1 aromatic carbocycles. The lowest BCUT2D eigenvalue weighted by Crippen LogP contribution is -2.60. The fraction of sp³-hybridized carbons (Fsp3) is 0.407. The number of alkyl halides is 2. The van der Waals surface area contributed by atoms with Crippen LogP contribution in [0, 0.1) is 0 Å². The van der Waals surface area contributed by atoms with Crippen LogP contribution >= 0.6 is 18.9 Å². The van der Waals surface area contributed by atoms with E-state index in [0.717, 1.165) is 42.1 Å². The summed E-state index contributed by atoms with van der Waals surface area (Å²) in [7, 11) is -9.49. The molecule has 252 valence electrons. The number of carbonyl (C=O) groups excluding carboxylic acids is 4. The second-order valence-corrected chi connectivity index (χ2v) is 15.9. The molecule has 47 heavy (non-hydrogen) atoms. The molecule has 5 rings (SSSR count). The molecule has 0 spiro atoms. The van der Waals surface area contributed by atoms with Gasteiger partial charge in [0.2, 0.25) is 32.7 Å². The molecule has 2 aliphatic rings. The van der Waals surface area contributed by atoms with Crippen LogP contribution in [0.15, 0.2) is 41.8 Å². The molecular weight excluding hydrogens is 685 g/mol. The monoisotopic (exact) mass is 714 g/mol. The number of carbonyl (C=O) groups is 4. The zero-order chi connectivity index (χ0) is 34.5. The summed E-state index contributed by atoms with van der Waals surface area (Å²) >= 11 is 0.897. The van der Waals surface area contributed by atoms with Crippen molar-refractivity contribution in [3.05, 3.63) is 47.1 Å². The molecule has 0 aliphatic carbocycles. The maximum atomic E-state index is 14.3. The Labute approximate surface area is 270 Å². The van der Waals surface area contributed by atoms with Crippen molar-refractivity contribution in [3.8, 4) is 0 Å². The molecule has 4 amide bonds. The first-order valence-corrected chi connectivity index (χ1v) is 18.4. The highest BCUT2D eigenvalue weighted by molar-refractivity contribution is 7.90. The highest BCUT2D eigenvalue weighted by Gasteiger charge is 2.50. The Kier molecular flexibility index (Phi) is 9.24. The molecule has 0 bridgehead atoms. The molecular formula is C27H29F2N6O9PS2. The highest BCUT2D eigenvalue weighted by Crippen LogP contribution is 2.59. The normalized spacial score (nSPS) is 20.8. The Morgan fingerprint density at radius 2 is 1.79 bits per heavy atom. The Bertz CT molecular complexity index is 1920. The third-order valence-electron chi connectivity index (χ3n) is 7.92. The van der Waals surface area contributed by atoms with Gasteiger partial charge >= 0.3 is 13.3 Å². The minimum absolute atomic E-state index is 0.00526. The van der Waals surface area contributed by atoms with E-state index in [1.54, 1.807) is 0 Å². The second-order valence-electron chi connectivity index (χ2n) is 11.2. The van der Waals surface area contributed by atoms with Crippen molar-refractivity contribution in [3.63, 3.8) is 0 Å². The maximum Gasteiger partial charge on any atom is 0.399 e. The standard InChI is InChI=1S/C27H29F2N6O9PS2/c1-14(36)34-8-7-18-4-5-20(23(37)32-17-11-30-26(31-12-17)47(2,43)44)35(18)25(39)19(13-34)33-24(38)22-10-15-9-16(3-6-21(15)46-22)27(28,29)45(40,41)42/h3,6,9-12,18-20H,4-5,7-8,13H2,1-2H3,(H,32,37)(H,33,38)(H2,40,41,42)/t18-,19?,20+/m1/s1. The Morgan fingerprint density at radius 1 is 1.11 bits per heavy atom. The number of halogens is 2. The summed E-state index contributed by atoms with van der Waals surface area (Å²) in [5.74, 6) is -2.31. The topological polar surface area (TPSA) is 216 Å². The number of benzene rings is 1. The predicted octanol–water partition coefficient (Wildman–Crippen LogP) is 1.67. The number of rotatable bonds is 7. The number of nitrogens with zero attached hydrogens (tertiary/aromatic N) is 4. The van der Waals surface area contributed by atoms with Crippen LogP contribution in [0.5, 0.6) is 0 Å². The van der Waals surface area contributed by atoms with Crippen LogP contribution in [0.25, 0.3) is 10.1 Å². The Morgan fingerprint density at radius 3 is 2.40 bits per heavy atom. The average Bonchev–Trinajstić information content (AvgIpc) is 3.60. The smallest absolute Gasteiger partial charge is 0.340 e. The van der Waals surface area contributed by atoms with Crippen LogP contribution in [-0.4, -0.2) is 99.1 Å². The van der Waals surface area contributed by atoms with Crippen molar-refractivity contribution < 1.29 is 50.7 Å². The van der Waals surface area contributed by atoms with Crippen LogP contribution in [0.1, 0.15) is 41.4 Å². The molecule has 0 saturated carbocycles. The summed E-state index contributed by atoms with van der Waals surface area (Å²) in [6, 6.07) is 1.47.